The van der Waals surface area contributed by atoms with Gasteiger partial charge in [0, 0.05) is 25.6 Å². The first-order valence-electron chi connectivity index (χ1n) is 10.5. The highest BCUT2D eigenvalue weighted by Crippen LogP contribution is 2.46. The van der Waals surface area contributed by atoms with Crippen LogP contribution in [0.5, 0.6) is 5.75 Å². The van der Waals surface area contributed by atoms with E-state index in [-0.39, 0.29) is 23.9 Å². The number of para-hydroxylation sites is 1. The van der Waals surface area contributed by atoms with Crippen molar-refractivity contribution in [2.45, 2.75) is 48.6 Å². The lowest BCUT2D eigenvalue weighted by molar-refractivity contribution is 0.0396. The number of ether oxygens (including phenoxy) is 1. The molecule has 30 heavy (non-hydrogen) atoms. The van der Waals surface area contributed by atoms with Crippen LogP contribution in [0.15, 0.2) is 64.5 Å². The Morgan fingerprint density at radius 1 is 1.10 bits per heavy atom. The van der Waals surface area contributed by atoms with Gasteiger partial charge >= 0.3 is 0 Å². The molecule has 0 aromatic heterocycles. The largest absolute Gasteiger partial charge is 0.487 e. The molecular weight excluding hydrogens is 398 g/mol. The van der Waals surface area contributed by atoms with Crippen LogP contribution in [0.25, 0.3) is 0 Å². The number of hydrogen-bond donors (Lipinski definition) is 2. The lowest BCUT2D eigenvalue weighted by Crippen LogP contribution is -2.47. The van der Waals surface area contributed by atoms with Gasteiger partial charge in [0.05, 0.1) is 16.7 Å². The quantitative estimate of drug-likeness (QED) is 0.564. The summed E-state index contributed by atoms with van der Waals surface area (Å²) in [5.74, 6) is 1.55. The molecule has 2 aromatic rings. The predicted molar refractivity (Wildman–Crippen MR) is 119 cm³/mol. The molecule has 2 N–H and O–H groups in total. The van der Waals surface area contributed by atoms with E-state index in [1.54, 1.807) is 31.3 Å². The van der Waals surface area contributed by atoms with Gasteiger partial charge in [0.2, 0.25) is 0 Å². The maximum absolute atomic E-state index is 12.5. The summed E-state index contributed by atoms with van der Waals surface area (Å²) in [5, 5.41) is 6.67. The monoisotopic (exact) mass is 427 g/mol. The molecule has 160 valence electrons. The van der Waals surface area contributed by atoms with E-state index in [4.69, 9.17) is 4.74 Å². The third-order valence-corrected chi connectivity index (χ3v) is 7.74. The molecule has 0 saturated heterocycles. The molecule has 1 saturated carbocycles. The summed E-state index contributed by atoms with van der Waals surface area (Å²) in [4.78, 5) is 4.66. The van der Waals surface area contributed by atoms with Crippen molar-refractivity contribution in [3.05, 3.63) is 60.2 Å². The first kappa shape index (κ1) is 20.7. The molecule has 1 aliphatic carbocycles. The van der Waals surface area contributed by atoms with Crippen LogP contribution in [-0.4, -0.2) is 39.3 Å². The highest BCUT2D eigenvalue weighted by atomic mass is 32.2. The van der Waals surface area contributed by atoms with E-state index in [2.05, 4.69) is 21.7 Å². The molecule has 1 fully saturated rings. The number of fused-ring (bicyclic) bond motifs is 1. The molecule has 7 heteroatoms. The Bertz CT molecular complexity index is 999. The summed E-state index contributed by atoms with van der Waals surface area (Å²) in [6.45, 7) is 0.285. The van der Waals surface area contributed by atoms with Gasteiger partial charge in [0.1, 0.15) is 11.4 Å². The summed E-state index contributed by atoms with van der Waals surface area (Å²) >= 11 is 0. The lowest BCUT2D eigenvalue weighted by Gasteiger charge is -2.40. The molecule has 1 heterocycles. The third kappa shape index (κ3) is 4.46. The molecule has 0 amide bonds. The molecule has 1 atom stereocenters. The molecule has 0 radical (unpaired) electrons. The summed E-state index contributed by atoms with van der Waals surface area (Å²) in [7, 11) is -1.62. The van der Waals surface area contributed by atoms with Crippen LogP contribution >= 0.6 is 0 Å². The van der Waals surface area contributed by atoms with E-state index in [9.17, 15) is 8.42 Å². The fourth-order valence-corrected chi connectivity index (χ4v) is 5.66. The van der Waals surface area contributed by atoms with Crippen molar-refractivity contribution < 1.29 is 13.2 Å². The van der Waals surface area contributed by atoms with Crippen molar-refractivity contribution in [3.63, 3.8) is 0 Å². The Labute approximate surface area is 178 Å². The highest BCUT2D eigenvalue weighted by molar-refractivity contribution is 7.91. The van der Waals surface area contributed by atoms with Crippen LogP contribution in [0.2, 0.25) is 0 Å². The van der Waals surface area contributed by atoms with E-state index in [1.807, 2.05) is 24.3 Å². The van der Waals surface area contributed by atoms with Gasteiger partial charge in [-0.05, 0) is 43.9 Å². The van der Waals surface area contributed by atoms with Gasteiger partial charge in [0.15, 0.2) is 15.8 Å². The van der Waals surface area contributed by atoms with Crippen molar-refractivity contribution in [2.24, 2.45) is 4.99 Å². The zero-order valence-electron chi connectivity index (χ0n) is 17.3. The molecule has 0 bridgehead atoms. The van der Waals surface area contributed by atoms with Crippen LogP contribution < -0.4 is 15.4 Å². The normalized spacial score (nSPS) is 20.4. The number of sulfone groups is 1. The number of aliphatic imine (C=N–C) groups is 1. The zero-order chi connectivity index (χ0) is 21.0. The van der Waals surface area contributed by atoms with Crippen LogP contribution in [0.3, 0.4) is 0 Å². The molecule has 1 aliphatic heterocycles. The smallest absolute Gasteiger partial charge is 0.191 e. The average molecular weight is 428 g/mol. The average Bonchev–Trinajstić information content (AvgIpc) is 3.20. The zero-order valence-corrected chi connectivity index (χ0v) is 18.1. The minimum atomic E-state index is -3.33. The lowest BCUT2D eigenvalue weighted by atomic mass is 9.86. The first-order chi connectivity index (χ1) is 14.5. The number of nitrogens with one attached hydrogen (secondary N) is 2. The maximum Gasteiger partial charge on any atom is 0.191 e. The molecule has 1 unspecified atom stereocenters. The standard InChI is InChI=1S/C23H29N3O3S/c1-24-22(25-15-16-30(27,28)18-9-3-2-4-10-18)26-20-17-23(13-7-8-14-23)29-21-12-6-5-11-19(20)21/h2-6,9-12,20H,7-8,13-17H2,1H3,(H2,24,25,26). The number of nitrogens with zero attached hydrogens (tertiary/aromatic N) is 1. The van der Waals surface area contributed by atoms with Crippen LogP contribution in [0.1, 0.15) is 43.7 Å². The second-order valence-corrected chi connectivity index (χ2v) is 10.2. The number of rotatable bonds is 5. The minimum Gasteiger partial charge on any atom is -0.487 e. The summed E-state index contributed by atoms with van der Waals surface area (Å²) in [6.07, 6.45) is 5.41. The molecule has 2 aromatic carbocycles. The van der Waals surface area contributed by atoms with Gasteiger partial charge in [-0.3, -0.25) is 4.99 Å². The number of hydrogen-bond acceptors (Lipinski definition) is 4. The van der Waals surface area contributed by atoms with Gasteiger partial charge in [-0.1, -0.05) is 36.4 Å². The maximum atomic E-state index is 12.5. The van der Waals surface area contributed by atoms with Crippen molar-refractivity contribution in [1.82, 2.24) is 10.6 Å². The van der Waals surface area contributed by atoms with E-state index >= 15 is 0 Å². The van der Waals surface area contributed by atoms with Gasteiger partial charge < -0.3 is 15.4 Å². The van der Waals surface area contributed by atoms with Crippen molar-refractivity contribution >= 4 is 15.8 Å². The SMILES string of the molecule is CN=C(NCCS(=O)(=O)c1ccccc1)NC1CC2(CCCC2)Oc2ccccc21. The van der Waals surface area contributed by atoms with E-state index in [1.165, 1.54) is 12.8 Å². The van der Waals surface area contributed by atoms with Gasteiger partial charge in [-0.25, -0.2) is 8.42 Å². The Morgan fingerprint density at radius 3 is 2.53 bits per heavy atom. The van der Waals surface area contributed by atoms with Gasteiger partial charge in [-0.15, -0.1) is 0 Å². The second kappa shape index (κ2) is 8.68. The summed E-state index contributed by atoms with van der Waals surface area (Å²) < 4.78 is 31.4. The van der Waals surface area contributed by atoms with E-state index < -0.39 is 9.84 Å². The molecular formula is C23H29N3O3S. The van der Waals surface area contributed by atoms with Gasteiger partial charge in [0.25, 0.3) is 0 Å². The molecule has 1 spiro atoms. The van der Waals surface area contributed by atoms with Crippen LogP contribution in [0.4, 0.5) is 0 Å². The Hall–Kier alpha value is -2.54. The second-order valence-electron chi connectivity index (χ2n) is 8.06. The van der Waals surface area contributed by atoms with Crippen molar-refractivity contribution in [2.75, 3.05) is 19.3 Å². The van der Waals surface area contributed by atoms with E-state index in [0.717, 1.165) is 30.6 Å². The summed E-state index contributed by atoms with van der Waals surface area (Å²) in [5.41, 5.74) is 1.01. The van der Waals surface area contributed by atoms with Gasteiger partial charge in [-0.2, -0.15) is 0 Å². The Balaban J connectivity index is 1.42. The van der Waals surface area contributed by atoms with Crippen molar-refractivity contribution in [1.29, 1.82) is 0 Å². The van der Waals surface area contributed by atoms with E-state index in [0.29, 0.717) is 10.9 Å². The minimum absolute atomic E-state index is 0.00597. The van der Waals surface area contributed by atoms with Crippen LogP contribution in [0, 0.1) is 0 Å². The molecule has 6 nitrogen and oxygen atoms in total. The molecule has 2 aliphatic rings. The first-order valence-corrected chi connectivity index (χ1v) is 12.2. The topological polar surface area (TPSA) is 79.8 Å². The highest BCUT2D eigenvalue weighted by Gasteiger charge is 2.43. The Kier molecular flexibility index (Phi) is 5.99. The predicted octanol–water partition coefficient (Wildman–Crippen LogP) is 3.46. The fraction of sp³-hybridized carbons (Fsp3) is 0.435. The Morgan fingerprint density at radius 2 is 1.80 bits per heavy atom. The summed E-state index contributed by atoms with van der Waals surface area (Å²) in [6, 6.07) is 16.8. The third-order valence-electron chi connectivity index (χ3n) is 6.01. The number of benzene rings is 2. The fourth-order valence-electron chi connectivity index (χ4n) is 4.48. The van der Waals surface area contributed by atoms with Crippen LogP contribution in [-0.2, 0) is 9.84 Å². The number of guanidine groups is 1. The van der Waals surface area contributed by atoms with Crippen molar-refractivity contribution in [3.8, 4) is 5.75 Å². The molecule has 4 rings (SSSR count).